The van der Waals surface area contributed by atoms with Gasteiger partial charge in [-0.3, -0.25) is 0 Å². The van der Waals surface area contributed by atoms with Crippen molar-refractivity contribution >= 4 is 28.9 Å². The SMILES string of the molecule is CN(Cc1ccccc1Cl)C(=S)NCCc1ccccc1. The summed E-state index contributed by atoms with van der Waals surface area (Å²) in [6, 6.07) is 18.2. The van der Waals surface area contributed by atoms with Crippen LogP contribution in [0.4, 0.5) is 0 Å². The molecule has 2 aromatic rings. The number of nitrogens with zero attached hydrogens (tertiary/aromatic N) is 1. The van der Waals surface area contributed by atoms with E-state index in [0.717, 1.165) is 28.7 Å². The molecule has 0 fully saturated rings. The highest BCUT2D eigenvalue weighted by atomic mass is 35.5. The Hall–Kier alpha value is -1.58. The van der Waals surface area contributed by atoms with Crippen LogP contribution in [-0.2, 0) is 13.0 Å². The Morgan fingerprint density at radius 3 is 2.48 bits per heavy atom. The summed E-state index contributed by atoms with van der Waals surface area (Å²) < 4.78 is 0. The fourth-order valence-electron chi connectivity index (χ4n) is 2.05. The third kappa shape index (κ3) is 5.03. The van der Waals surface area contributed by atoms with Crippen LogP contribution in [0.15, 0.2) is 54.6 Å². The molecule has 2 aromatic carbocycles. The molecule has 2 nitrogen and oxygen atoms in total. The van der Waals surface area contributed by atoms with Crippen molar-refractivity contribution in [3.8, 4) is 0 Å². The number of hydrogen-bond acceptors (Lipinski definition) is 1. The van der Waals surface area contributed by atoms with Gasteiger partial charge < -0.3 is 10.2 Å². The fourth-order valence-corrected chi connectivity index (χ4v) is 2.41. The summed E-state index contributed by atoms with van der Waals surface area (Å²) >= 11 is 11.6. The first kappa shape index (κ1) is 15.8. The van der Waals surface area contributed by atoms with Crippen LogP contribution >= 0.6 is 23.8 Å². The molecule has 1 N–H and O–H groups in total. The molecule has 4 heteroatoms. The molecule has 0 aliphatic heterocycles. The molecule has 21 heavy (non-hydrogen) atoms. The number of nitrogens with one attached hydrogen (secondary N) is 1. The molecule has 0 atom stereocenters. The molecule has 0 saturated heterocycles. The van der Waals surface area contributed by atoms with E-state index in [1.54, 1.807) is 0 Å². The van der Waals surface area contributed by atoms with Gasteiger partial charge >= 0.3 is 0 Å². The standard InChI is InChI=1S/C17H19ClN2S/c1-20(13-15-9-5-6-10-16(15)18)17(21)19-12-11-14-7-3-2-4-8-14/h2-10H,11-13H2,1H3,(H,19,21). The smallest absolute Gasteiger partial charge is 0.168 e. The van der Waals surface area contributed by atoms with Crippen LogP contribution in [0.1, 0.15) is 11.1 Å². The zero-order chi connectivity index (χ0) is 15.1. The molecule has 0 aliphatic carbocycles. The first-order chi connectivity index (χ1) is 10.2. The van der Waals surface area contributed by atoms with E-state index in [1.807, 2.05) is 42.3 Å². The van der Waals surface area contributed by atoms with Crippen molar-refractivity contribution in [2.45, 2.75) is 13.0 Å². The van der Waals surface area contributed by atoms with Gasteiger partial charge in [-0.25, -0.2) is 0 Å². The van der Waals surface area contributed by atoms with Crippen molar-refractivity contribution in [2.75, 3.05) is 13.6 Å². The van der Waals surface area contributed by atoms with Crippen molar-refractivity contribution in [2.24, 2.45) is 0 Å². The van der Waals surface area contributed by atoms with E-state index in [2.05, 4.69) is 29.6 Å². The maximum absolute atomic E-state index is 6.17. The lowest BCUT2D eigenvalue weighted by Crippen LogP contribution is -2.37. The predicted octanol–water partition coefficient (Wildman–Crippen LogP) is 3.89. The molecule has 0 heterocycles. The van der Waals surface area contributed by atoms with E-state index < -0.39 is 0 Å². The quantitative estimate of drug-likeness (QED) is 0.842. The van der Waals surface area contributed by atoms with Crippen LogP contribution in [0.2, 0.25) is 5.02 Å². The topological polar surface area (TPSA) is 15.3 Å². The van der Waals surface area contributed by atoms with Gasteiger partial charge in [-0.15, -0.1) is 0 Å². The molecule has 0 radical (unpaired) electrons. The van der Waals surface area contributed by atoms with E-state index in [-0.39, 0.29) is 0 Å². The van der Waals surface area contributed by atoms with Crippen molar-refractivity contribution in [3.05, 3.63) is 70.7 Å². The molecule has 0 saturated carbocycles. The summed E-state index contributed by atoms with van der Waals surface area (Å²) in [5, 5.41) is 4.80. The molecular formula is C17H19ClN2S. The van der Waals surface area contributed by atoms with Crippen LogP contribution in [0.3, 0.4) is 0 Å². The summed E-state index contributed by atoms with van der Waals surface area (Å²) in [6.07, 6.45) is 0.959. The number of halogens is 1. The van der Waals surface area contributed by atoms with Gasteiger partial charge in [0.1, 0.15) is 0 Å². The molecular weight excluding hydrogens is 300 g/mol. The molecule has 2 rings (SSSR count). The Bertz CT molecular complexity index is 586. The zero-order valence-corrected chi connectivity index (χ0v) is 13.6. The Kier molecular flexibility index (Phi) is 6.03. The van der Waals surface area contributed by atoms with Gasteiger partial charge in [-0.1, -0.05) is 60.1 Å². The largest absolute Gasteiger partial charge is 0.362 e. The van der Waals surface area contributed by atoms with Gasteiger partial charge in [0, 0.05) is 25.2 Å². The highest BCUT2D eigenvalue weighted by Crippen LogP contribution is 2.16. The molecule has 0 aliphatic rings. The van der Waals surface area contributed by atoms with Crippen LogP contribution in [0, 0.1) is 0 Å². The van der Waals surface area contributed by atoms with Crippen molar-refractivity contribution in [3.63, 3.8) is 0 Å². The summed E-state index contributed by atoms with van der Waals surface area (Å²) in [7, 11) is 1.97. The molecule has 0 aromatic heterocycles. The van der Waals surface area contributed by atoms with Gasteiger partial charge in [0.2, 0.25) is 0 Å². The summed E-state index contributed by atoms with van der Waals surface area (Å²) in [5.74, 6) is 0. The van der Waals surface area contributed by atoms with E-state index in [1.165, 1.54) is 5.56 Å². The Morgan fingerprint density at radius 2 is 1.76 bits per heavy atom. The molecule has 0 unspecified atom stereocenters. The average Bonchev–Trinajstić information content (AvgIpc) is 2.50. The second kappa shape index (κ2) is 8.01. The predicted molar refractivity (Wildman–Crippen MR) is 93.7 cm³/mol. The number of rotatable bonds is 5. The second-order valence-electron chi connectivity index (χ2n) is 4.91. The van der Waals surface area contributed by atoms with Gasteiger partial charge in [0.25, 0.3) is 0 Å². The molecule has 0 amide bonds. The Labute approximate surface area is 136 Å². The average molecular weight is 319 g/mol. The second-order valence-corrected chi connectivity index (χ2v) is 5.71. The van der Waals surface area contributed by atoms with E-state index in [0.29, 0.717) is 6.54 Å². The number of thiocarbonyl (C=S) groups is 1. The van der Waals surface area contributed by atoms with E-state index >= 15 is 0 Å². The maximum Gasteiger partial charge on any atom is 0.168 e. The Morgan fingerprint density at radius 1 is 1.10 bits per heavy atom. The molecule has 110 valence electrons. The minimum absolute atomic E-state index is 0.705. The van der Waals surface area contributed by atoms with Gasteiger partial charge in [-0.2, -0.15) is 0 Å². The highest BCUT2D eigenvalue weighted by molar-refractivity contribution is 7.80. The lowest BCUT2D eigenvalue weighted by atomic mass is 10.1. The normalized spacial score (nSPS) is 10.2. The van der Waals surface area contributed by atoms with E-state index in [4.69, 9.17) is 23.8 Å². The van der Waals surface area contributed by atoms with Crippen LogP contribution in [-0.4, -0.2) is 23.6 Å². The minimum atomic E-state index is 0.705. The first-order valence-corrected chi connectivity index (χ1v) is 7.72. The maximum atomic E-state index is 6.17. The van der Waals surface area contributed by atoms with Gasteiger partial charge in [0.05, 0.1) is 0 Å². The van der Waals surface area contributed by atoms with Crippen LogP contribution in [0.5, 0.6) is 0 Å². The minimum Gasteiger partial charge on any atom is -0.362 e. The third-order valence-corrected chi connectivity index (χ3v) is 4.07. The summed E-state index contributed by atoms with van der Waals surface area (Å²) in [6.45, 7) is 1.53. The molecule has 0 spiro atoms. The van der Waals surface area contributed by atoms with Gasteiger partial charge in [-0.05, 0) is 35.8 Å². The van der Waals surface area contributed by atoms with Crippen LogP contribution in [0.25, 0.3) is 0 Å². The van der Waals surface area contributed by atoms with Crippen molar-refractivity contribution in [1.82, 2.24) is 10.2 Å². The molecule has 0 bridgehead atoms. The Balaban J connectivity index is 1.79. The fraction of sp³-hybridized carbons (Fsp3) is 0.235. The van der Waals surface area contributed by atoms with Gasteiger partial charge in [0.15, 0.2) is 5.11 Å². The monoisotopic (exact) mass is 318 g/mol. The van der Waals surface area contributed by atoms with Crippen LogP contribution < -0.4 is 5.32 Å². The van der Waals surface area contributed by atoms with Crippen molar-refractivity contribution in [1.29, 1.82) is 0 Å². The third-order valence-electron chi connectivity index (χ3n) is 3.24. The van der Waals surface area contributed by atoms with Crippen molar-refractivity contribution < 1.29 is 0 Å². The number of hydrogen-bond donors (Lipinski definition) is 1. The lowest BCUT2D eigenvalue weighted by molar-refractivity contribution is 0.489. The van der Waals surface area contributed by atoms with E-state index in [9.17, 15) is 0 Å². The zero-order valence-electron chi connectivity index (χ0n) is 12.1. The first-order valence-electron chi connectivity index (χ1n) is 6.93. The summed E-state index contributed by atoms with van der Waals surface area (Å²) in [4.78, 5) is 2.00. The number of benzene rings is 2. The summed E-state index contributed by atoms with van der Waals surface area (Å²) in [5.41, 5.74) is 2.38. The lowest BCUT2D eigenvalue weighted by Gasteiger charge is -2.21. The highest BCUT2D eigenvalue weighted by Gasteiger charge is 2.07.